The minimum Gasteiger partial charge on any atom is -0.346 e. The Balaban J connectivity index is 0.00000192. The minimum atomic E-state index is -0.361. The average Bonchev–Trinajstić information content (AvgIpc) is 3.18. The molecular formula is C16H21ClN4O2. The van der Waals surface area contributed by atoms with Gasteiger partial charge in [-0.25, -0.2) is 0 Å². The molecule has 2 atom stereocenters. The fourth-order valence-electron chi connectivity index (χ4n) is 2.55. The van der Waals surface area contributed by atoms with E-state index in [0.717, 1.165) is 18.5 Å². The third-order valence-corrected chi connectivity index (χ3v) is 4.11. The van der Waals surface area contributed by atoms with Crippen LogP contribution in [0.3, 0.4) is 0 Å². The average molecular weight is 337 g/mol. The first-order valence-electron chi connectivity index (χ1n) is 7.49. The summed E-state index contributed by atoms with van der Waals surface area (Å²) >= 11 is 0. The van der Waals surface area contributed by atoms with Crippen LogP contribution in [0, 0.1) is 5.41 Å². The number of aromatic nitrogens is 2. The largest absolute Gasteiger partial charge is 0.346 e. The van der Waals surface area contributed by atoms with Crippen molar-refractivity contribution in [3.05, 3.63) is 36.2 Å². The first kappa shape index (κ1) is 17.4. The molecule has 0 aliphatic carbocycles. The van der Waals surface area contributed by atoms with E-state index < -0.39 is 0 Å². The van der Waals surface area contributed by atoms with Gasteiger partial charge in [0.2, 0.25) is 5.91 Å². The lowest BCUT2D eigenvalue weighted by Gasteiger charge is -2.23. The molecule has 0 bridgehead atoms. The van der Waals surface area contributed by atoms with Gasteiger partial charge in [0.25, 0.3) is 5.89 Å². The number of carbonyl (C=O) groups excluding carboxylic acids is 1. The molecule has 124 valence electrons. The SMILES string of the molecule is CC(NC(=O)C1(C)CCNC1)c1noc(-c2ccccc2)n1.Cl. The van der Waals surface area contributed by atoms with Gasteiger partial charge in [-0.3, -0.25) is 4.79 Å². The van der Waals surface area contributed by atoms with Crippen LogP contribution in [-0.4, -0.2) is 29.1 Å². The Morgan fingerprint density at radius 2 is 2.13 bits per heavy atom. The fourth-order valence-corrected chi connectivity index (χ4v) is 2.55. The van der Waals surface area contributed by atoms with Gasteiger partial charge < -0.3 is 15.2 Å². The molecule has 7 heteroatoms. The van der Waals surface area contributed by atoms with E-state index >= 15 is 0 Å². The smallest absolute Gasteiger partial charge is 0.257 e. The zero-order valence-electron chi connectivity index (χ0n) is 13.2. The second-order valence-corrected chi connectivity index (χ2v) is 6.01. The van der Waals surface area contributed by atoms with E-state index in [1.807, 2.05) is 44.2 Å². The molecule has 2 unspecified atom stereocenters. The Morgan fingerprint density at radius 3 is 2.78 bits per heavy atom. The quantitative estimate of drug-likeness (QED) is 0.895. The molecule has 1 aliphatic rings. The number of amides is 1. The maximum Gasteiger partial charge on any atom is 0.257 e. The highest BCUT2D eigenvalue weighted by Gasteiger charge is 2.37. The maximum atomic E-state index is 12.4. The second kappa shape index (κ2) is 7.10. The predicted molar refractivity (Wildman–Crippen MR) is 89.1 cm³/mol. The van der Waals surface area contributed by atoms with E-state index in [9.17, 15) is 4.79 Å². The molecule has 2 heterocycles. The van der Waals surface area contributed by atoms with E-state index in [2.05, 4.69) is 20.8 Å². The normalized spacial score (nSPS) is 21.5. The topological polar surface area (TPSA) is 80.0 Å². The van der Waals surface area contributed by atoms with Crippen LogP contribution < -0.4 is 10.6 Å². The van der Waals surface area contributed by atoms with Crippen LogP contribution in [0.15, 0.2) is 34.9 Å². The van der Waals surface area contributed by atoms with Crippen molar-refractivity contribution in [1.82, 2.24) is 20.8 Å². The minimum absolute atomic E-state index is 0. The van der Waals surface area contributed by atoms with Gasteiger partial charge >= 0.3 is 0 Å². The Kier molecular flexibility index (Phi) is 5.38. The van der Waals surface area contributed by atoms with Gasteiger partial charge in [0, 0.05) is 12.1 Å². The summed E-state index contributed by atoms with van der Waals surface area (Å²) in [6.45, 7) is 5.41. The van der Waals surface area contributed by atoms with Gasteiger partial charge in [0.15, 0.2) is 5.82 Å². The first-order valence-corrected chi connectivity index (χ1v) is 7.49. The van der Waals surface area contributed by atoms with Crippen LogP contribution in [0.1, 0.15) is 32.1 Å². The lowest BCUT2D eigenvalue weighted by Crippen LogP contribution is -2.41. The lowest BCUT2D eigenvalue weighted by atomic mass is 9.88. The molecule has 1 saturated heterocycles. The number of carbonyl (C=O) groups is 1. The highest BCUT2D eigenvalue weighted by molar-refractivity contribution is 5.85. The van der Waals surface area contributed by atoms with Crippen molar-refractivity contribution in [2.24, 2.45) is 5.41 Å². The third kappa shape index (κ3) is 3.71. The van der Waals surface area contributed by atoms with Crippen LogP contribution in [-0.2, 0) is 4.79 Å². The van der Waals surface area contributed by atoms with Gasteiger partial charge in [0.1, 0.15) is 0 Å². The van der Waals surface area contributed by atoms with Crippen molar-refractivity contribution >= 4 is 18.3 Å². The van der Waals surface area contributed by atoms with E-state index in [1.165, 1.54) is 0 Å². The predicted octanol–water partition coefficient (Wildman–Crippen LogP) is 2.34. The molecular weight excluding hydrogens is 316 g/mol. The van der Waals surface area contributed by atoms with Crippen molar-refractivity contribution < 1.29 is 9.32 Å². The zero-order valence-corrected chi connectivity index (χ0v) is 14.0. The van der Waals surface area contributed by atoms with Gasteiger partial charge in [-0.05, 0) is 38.9 Å². The molecule has 0 radical (unpaired) electrons. The Morgan fingerprint density at radius 1 is 1.39 bits per heavy atom. The summed E-state index contributed by atoms with van der Waals surface area (Å²) < 4.78 is 5.28. The van der Waals surface area contributed by atoms with Crippen LogP contribution >= 0.6 is 12.4 Å². The van der Waals surface area contributed by atoms with Gasteiger partial charge in [-0.15, -0.1) is 12.4 Å². The first-order chi connectivity index (χ1) is 10.6. The molecule has 1 aromatic heterocycles. The van der Waals surface area contributed by atoms with Gasteiger partial charge in [-0.2, -0.15) is 4.98 Å². The summed E-state index contributed by atoms with van der Waals surface area (Å²) in [5, 5.41) is 10.2. The molecule has 0 saturated carbocycles. The maximum absolute atomic E-state index is 12.4. The molecule has 2 aromatic rings. The molecule has 1 aromatic carbocycles. The standard InChI is InChI=1S/C16H20N4O2.ClH/c1-11(18-15(21)16(2)8-9-17-10-16)13-19-14(22-20-13)12-6-4-3-5-7-12;/h3-7,11,17H,8-10H2,1-2H3,(H,18,21);1H. The van der Waals surface area contributed by atoms with Crippen LogP contribution in [0.2, 0.25) is 0 Å². The Hall–Kier alpha value is -1.92. The van der Waals surface area contributed by atoms with Gasteiger partial charge in [-0.1, -0.05) is 23.4 Å². The summed E-state index contributed by atoms with van der Waals surface area (Å²) in [6, 6.07) is 9.29. The summed E-state index contributed by atoms with van der Waals surface area (Å²) in [4.78, 5) is 16.8. The van der Waals surface area contributed by atoms with Crippen molar-refractivity contribution in [2.75, 3.05) is 13.1 Å². The van der Waals surface area contributed by atoms with Crippen molar-refractivity contribution in [3.8, 4) is 11.5 Å². The Labute approximate surface area is 141 Å². The molecule has 0 spiro atoms. The number of nitrogens with one attached hydrogen (secondary N) is 2. The van der Waals surface area contributed by atoms with Crippen molar-refractivity contribution in [3.63, 3.8) is 0 Å². The number of nitrogens with zero attached hydrogens (tertiary/aromatic N) is 2. The number of hydrogen-bond donors (Lipinski definition) is 2. The Bertz CT molecular complexity index is 653. The molecule has 6 nitrogen and oxygen atoms in total. The highest BCUT2D eigenvalue weighted by atomic mass is 35.5. The van der Waals surface area contributed by atoms with E-state index in [1.54, 1.807) is 0 Å². The molecule has 1 aliphatic heterocycles. The summed E-state index contributed by atoms with van der Waals surface area (Å²) in [6.07, 6.45) is 0.840. The fraction of sp³-hybridized carbons (Fsp3) is 0.438. The molecule has 2 N–H and O–H groups in total. The molecule has 1 amide bonds. The third-order valence-electron chi connectivity index (χ3n) is 4.11. The van der Waals surface area contributed by atoms with E-state index in [-0.39, 0.29) is 29.8 Å². The van der Waals surface area contributed by atoms with Crippen molar-refractivity contribution in [1.29, 1.82) is 0 Å². The highest BCUT2D eigenvalue weighted by Crippen LogP contribution is 2.26. The molecule has 1 fully saturated rings. The monoisotopic (exact) mass is 336 g/mol. The summed E-state index contributed by atoms with van der Waals surface area (Å²) in [5.74, 6) is 0.975. The zero-order chi connectivity index (χ0) is 15.6. The number of hydrogen-bond acceptors (Lipinski definition) is 5. The lowest BCUT2D eigenvalue weighted by molar-refractivity contribution is -0.130. The number of rotatable bonds is 4. The number of benzene rings is 1. The van der Waals surface area contributed by atoms with E-state index in [0.29, 0.717) is 18.3 Å². The summed E-state index contributed by atoms with van der Waals surface area (Å²) in [5.41, 5.74) is 0.506. The van der Waals surface area contributed by atoms with E-state index in [4.69, 9.17) is 4.52 Å². The number of halogens is 1. The van der Waals surface area contributed by atoms with Crippen LogP contribution in [0.5, 0.6) is 0 Å². The van der Waals surface area contributed by atoms with Crippen LogP contribution in [0.25, 0.3) is 11.5 Å². The summed E-state index contributed by atoms with van der Waals surface area (Å²) in [7, 11) is 0. The molecule has 3 rings (SSSR count). The van der Waals surface area contributed by atoms with Crippen molar-refractivity contribution in [2.45, 2.75) is 26.3 Å². The van der Waals surface area contributed by atoms with Crippen LogP contribution in [0.4, 0.5) is 0 Å². The van der Waals surface area contributed by atoms with Gasteiger partial charge in [0.05, 0.1) is 11.5 Å². The second-order valence-electron chi connectivity index (χ2n) is 6.01. The molecule has 23 heavy (non-hydrogen) atoms.